The highest BCUT2D eigenvalue weighted by Gasteiger charge is 2.15. The molecular weight excluding hydrogens is 288 g/mol. The Hall–Kier alpha value is -2.48. The molecule has 0 bridgehead atoms. The van der Waals surface area contributed by atoms with Crippen molar-refractivity contribution in [2.45, 2.75) is 27.0 Å². The van der Waals surface area contributed by atoms with Gasteiger partial charge in [0.05, 0.1) is 6.54 Å². The predicted molar refractivity (Wildman–Crippen MR) is 77.3 cm³/mol. The molecule has 1 N–H and O–H groups in total. The van der Waals surface area contributed by atoms with Crippen LogP contribution < -0.4 is 10.9 Å². The zero-order valence-corrected chi connectivity index (χ0v) is 13.0. The Morgan fingerprint density at radius 3 is 2.86 bits per heavy atom. The number of nitrogens with one attached hydrogen (secondary N) is 1. The molecule has 0 spiro atoms. The van der Waals surface area contributed by atoms with E-state index in [-0.39, 0.29) is 30.2 Å². The van der Waals surface area contributed by atoms with Crippen molar-refractivity contribution in [3.05, 3.63) is 45.0 Å². The number of hydrogen-bond acceptors (Lipinski definition) is 6. The number of ether oxygens (including phenoxy) is 1. The lowest BCUT2D eigenvalue weighted by Crippen LogP contribution is -2.33. The van der Waals surface area contributed by atoms with Crippen molar-refractivity contribution in [3.63, 3.8) is 0 Å². The van der Waals surface area contributed by atoms with Gasteiger partial charge in [-0.25, -0.2) is 0 Å². The highest BCUT2D eigenvalue weighted by Crippen LogP contribution is 2.05. The van der Waals surface area contributed by atoms with E-state index in [1.807, 2.05) is 13.8 Å². The molecule has 0 aliphatic carbocycles. The van der Waals surface area contributed by atoms with Gasteiger partial charge in [0.2, 0.25) is 5.89 Å². The molecule has 2 rings (SSSR count). The van der Waals surface area contributed by atoms with Crippen LogP contribution in [0.1, 0.15) is 33.3 Å². The van der Waals surface area contributed by atoms with Crippen molar-refractivity contribution in [3.8, 4) is 0 Å². The first kappa shape index (κ1) is 15.9. The standard InChI is InChI=1S/C14H18N4O4/c1-8-5-10(14(20)18(3)9(8)2)13(19)15-6-12-16-11(7-21-4)17-22-12/h5H,6-7H2,1-4H3,(H,15,19). The second kappa shape index (κ2) is 6.52. The topological polar surface area (TPSA) is 99.3 Å². The molecule has 8 nitrogen and oxygen atoms in total. The summed E-state index contributed by atoms with van der Waals surface area (Å²) in [6.07, 6.45) is 0. The summed E-state index contributed by atoms with van der Waals surface area (Å²) in [4.78, 5) is 28.3. The highest BCUT2D eigenvalue weighted by molar-refractivity contribution is 5.93. The molecule has 0 saturated carbocycles. The zero-order valence-electron chi connectivity index (χ0n) is 13.0. The first-order valence-corrected chi connectivity index (χ1v) is 6.70. The Bertz CT molecular complexity index is 748. The number of amides is 1. The van der Waals surface area contributed by atoms with Crippen LogP contribution in [0.3, 0.4) is 0 Å². The maximum Gasteiger partial charge on any atom is 0.263 e. The smallest absolute Gasteiger partial charge is 0.263 e. The first-order chi connectivity index (χ1) is 10.4. The van der Waals surface area contributed by atoms with E-state index in [4.69, 9.17) is 9.26 Å². The van der Waals surface area contributed by atoms with Gasteiger partial charge in [-0.1, -0.05) is 5.16 Å². The average molecular weight is 306 g/mol. The van der Waals surface area contributed by atoms with Crippen molar-refractivity contribution in [1.82, 2.24) is 20.0 Å². The number of pyridine rings is 1. The van der Waals surface area contributed by atoms with Crippen LogP contribution in [0.15, 0.2) is 15.4 Å². The number of aromatic nitrogens is 3. The largest absolute Gasteiger partial charge is 0.377 e. The number of aryl methyl sites for hydroxylation is 1. The lowest BCUT2D eigenvalue weighted by Gasteiger charge is -2.10. The summed E-state index contributed by atoms with van der Waals surface area (Å²) in [6.45, 7) is 3.95. The lowest BCUT2D eigenvalue weighted by atomic mass is 10.1. The molecule has 8 heteroatoms. The Kier molecular flexibility index (Phi) is 4.71. The quantitative estimate of drug-likeness (QED) is 0.861. The molecule has 0 aliphatic rings. The Morgan fingerprint density at radius 2 is 2.18 bits per heavy atom. The van der Waals surface area contributed by atoms with Crippen molar-refractivity contribution in [1.29, 1.82) is 0 Å². The molecule has 0 unspecified atom stereocenters. The predicted octanol–water partition coefficient (Wildman–Crippen LogP) is 0.462. The number of carbonyl (C=O) groups is 1. The third-order valence-electron chi connectivity index (χ3n) is 3.40. The molecule has 0 atom stereocenters. The maximum absolute atomic E-state index is 12.1. The molecule has 2 aromatic rings. The van der Waals surface area contributed by atoms with Crippen LogP contribution in [0, 0.1) is 13.8 Å². The van der Waals surface area contributed by atoms with E-state index in [1.165, 1.54) is 11.7 Å². The van der Waals surface area contributed by atoms with Crippen LogP contribution in [-0.4, -0.2) is 27.7 Å². The van der Waals surface area contributed by atoms with E-state index in [2.05, 4.69) is 15.5 Å². The van der Waals surface area contributed by atoms with E-state index in [0.717, 1.165) is 11.3 Å². The molecule has 2 aromatic heterocycles. The van der Waals surface area contributed by atoms with Crippen molar-refractivity contribution >= 4 is 5.91 Å². The summed E-state index contributed by atoms with van der Waals surface area (Å²) in [5.74, 6) is 0.171. The van der Waals surface area contributed by atoms with Crippen LogP contribution in [0.2, 0.25) is 0 Å². The second-order valence-corrected chi connectivity index (χ2v) is 4.91. The summed E-state index contributed by atoms with van der Waals surface area (Å²) >= 11 is 0. The van der Waals surface area contributed by atoms with E-state index < -0.39 is 5.91 Å². The van der Waals surface area contributed by atoms with Crippen LogP contribution in [0.4, 0.5) is 0 Å². The maximum atomic E-state index is 12.1. The van der Waals surface area contributed by atoms with Gasteiger partial charge >= 0.3 is 0 Å². The number of rotatable bonds is 5. The van der Waals surface area contributed by atoms with E-state index in [0.29, 0.717) is 5.82 Å². The molecule has 0 aliphatic heterocycles. The summed E-state index contributed by atoms with van der Waals surface area (Å²) in [5.41, 5.74) is 1.43. The van der Waals surface area contributed by atoms with Crippen LogP contribution in [-0.2, 0) is 24.9 Å². The molecule has 1 amide bonds. The molecule has 0 fully saturated rings. The van der Waals surface area contributed by atoms with Crippen LogP contribution in [0.5, 0.6) is 0 Å². The van der Waals surface area contributed by atoms with Crippen molar-refractivity contribution in [2.24, 2.45) is 7.05 Å². The third kappa shape index (κ3) is 3.22. The van der Waals surface area contributed by atoms with Crippen molar-refractivity contribution in [2.75, 3.05) is 7.11 Å². The lowest BCUT2D eigenvalue weighted by molar-refractivity contribution is 0.0944. The minimum atomic E-state index is -0.477. The molecule has 22 heavy (non-hydrogen) atoms. The van der Waals surface area contributed by atoms with E-state index in [9.17, 15) is 9.59 Å². The highest BCUT2D eigenvalue weighted by atomic mass is 16.5. The van der Waals surface area contributed by atoms with Gasteiger partial charge in [-0.15, -0.1) is 0 Å². The fourth-order valence-electron chi connectivity index (χ4n) is 1.94. The van der Waals surface area contributed by atoms with Gasteiger partial charge in [0, 0.05) is 19.9 Å². The third-order valence-corrected chi connectivity index (χ3v) is 3.40. The second-order valence-electron chi connectivity index (χ2n) is 4.91. The first-order valence-electron chi connectivity index (χ1n) is 6.70. The SMILES string of the molecule is COCc1noc(CNC(=O)c2cc(C)c(C)n(C)c2=O)n1. The Morgan fingerprint density at radius 1 is 1.45 bits per heavy atom. The summed E-state index contributed by atoms with van der Waals surface area (Å²) < 4.78 is 11.3. The molecular formula is C14H18N4O4. The molecule has 0 radical (unpaired) electrons. The minimum absolute atomic E-state index is 0.0472. The van der Waals surface area contributed by atoms with Gasteiger partial charge in [-0.3, -0.25) is 9.59 Å². The average Bonchev–Trinajstić information content (AvgIpc) is 2.94. The van der Waals surface area contributed by atoms with E-state index in [1.54, 1.807) is 13.1 Å². The zero-order chi connectivity index (χ0) is 16.3. The van der Waals surface area contributed by atoms with E-state index >= 15 is 0 Å². The molecule has 118 valence electrons. The number of methoxy groups -OCH3 is 1. The van der Waals surface area contributed by atoms with Gasteiger partial charge in [0.1, 0.15) is 12.2 Å². The van der Waals surface area contributed by atoms with Gasteiger partial charge < -0.3 is 19.1 Å². The Labute approximate surface area is 127 Å². The van der Waals surface area contributed by atoms with Gasteiger partial charge in [-0.2, -0.15) is 4.98 Å². The van der Waals surface area contributed by atoms with Crippen molar-refractivity contribution < 1.29 is 14.1 Å². The van der Waals surface area contributed by atoms with Gasteiger partial charge in [-0.05, 0) is 25.5 Å². The number of nitrogens with zero attached hydrogens (tertiary/aromatic N) is 3. The number of carbonyl (C=O) groups excluding carboxylic acids is 1. The van der Waals surface area contributed by atoms with Gasteiger partial charge in [0.25, 0.3) is 11.5 Å². The number of hydrogen-bond donors (Lipinski definition) is 1. The Balaban J connectivity index is 2.11. The summed E-state index contributed by atoms with van der Waals surface area (Å²) in [6, 6.07) is 1.58. The van der Waals surface area contributed by atoms with Gasteiger partial charge in [0.15, 0.2) is 5.82 Å². The summed E-state index contributed by atoms with van der Waals surface area (Å²) in [7, 11) is 3.16. The van der Waals surface area contributed by atoms with Crippen LogP contribution >= 0.6 is 0 Å². The fraction of sp³-hybridized carbons (Fsp3) is 0.429. The monoisotopic (exact) mass is 306 g/mol. The molecule has 0 saturated heterocycles. The molecule has 2 heterocycles. The summed E-state index contributed by atoms with van der Waals surface area (Å²) in [5, 5.41) is 6.28. The van der Waals surface area contributed by atoms with Crippen LogP contribution in [0.25, 0.3) is 0 Å². The normalized spacial score (nSPS) is 10.7. The minimum Gasteiger partial charge on any atom is -0.377 e. The molecule has 0 aromatic carbocycles. The fourth-order valence-corrected chi connectivity index (χ4v) is 1.94.